The Morgan fingerprint density at radius 2 is 1.52 bits per heavy atom. The predicted molar refractivity (Wildman–Crippen MR) is 156 cm³/mol. The smallest absolute Gasteiger partial charge is 0.407 e. The number of carbonyl (C=O) groups excluding carboxylic acids is 3. The number of hydrogen-bond acceptors (Lipinski definition) is 5. The molecule has 0 saturated heterocycles. The van der Waals surface area contributed by atoms with E-state index in [9.17, 15) is 14.4 Å². The molecule has 0 aliphatic heterocycles. The fraction of sp³-hybridized carbons (Fsp3) is 0.419. The van der Waals surface area contributed by atoms with Crippen LogP contribution >= 0.6 is 0 Å². The number of fused-ring (bicyclic) bond motifs is 1. The molecule has 9 nitrogen and oxygen atoms in total. The molecule has 1 aliphatic rings. The number of nitrogens with one attached hydrogen (secondary N) is 3. The largest absolute Gasteiger partial charge is 0.444 e. The molecule has 3 aromatic rings. The molecule has 4 amide bonds. The summed E-state index contributed by atoms with van der Waals surface area (Å²) in [6, 6.07) is 16.6. The average Bonchev–Trinajstić information content (AvgIpc) is 2.93. The lowest BCUT2D eigenvalue weighted by molar-refractivity contribution is 0.0512. The highest BCUT2D eigenvalue weighted by Crippen LogP contribution is 2.29. The Bertz CT molecular complexity index is 1340. The number of urea groups is 1. The number of hydrogen-bond donors (Lipinski definition) is 4. The maximum absolute atomic E-state index is 13.4. The molecule has 0 spiro atoms. The lowest BCUT2D eigenvalue weighted by Crippen LogP contribution is -2.37. The molecule has 0 unspecified atom stereocenters. The van der Waals surface area contributed by atoms with E-state index in [1.54, 1.807) is 0 Å². The summed E-state index contributed by atoms with van der Waals surface area (Å²) >= 11 is 0. The van der Waals surface area contributed by atoms with Gasteiger partial charge in [0.25, 0.3) is 5.91 Å². The van der Waals surface area contributed by atoms with Crippen LogP contribution in [0.1, 0.15) is 62.4 Å². The number of primary amides is 1. The van der Waals surface area contributed by atoms with Crippen LogP contribution in [0.3, 0.4) is 0 Å². The Labute approximate surface area is 235 Å². The van der Waals surface area contributed by atoms with Gasteiger partial charge in [-0.1, -0.05) is 42.5 Å². The van der Waals surface area contributed by atoms with E-state index in [-0.39, 0.29) is 12.0 Å². The second kappa shape index (κ2) is 12.8. The summed E-state index contributed by atoms with van der Waals surface area (Å²) in [5, 5.41) is 9.43. The molecule has 0 radical (unpaired) electrons. The SMILES string of the molecule is CC(C)(C)OC(=O)NCC1CCC(CNC(=O)c2cc(-c3ccc(CNC(N)=O)cc3)nc3ccccc23)CC1. The number of rotatable bonds is 8. The van der Waals surface area contributed by atoms with E-state index in [0.29, 0.717) is 42.7 Å². The third kappa shape index (κ3) is 8.18. The molecule has 0 bridgehead atoms. The van der Waals surface area contributed by atoms with Crippen LogP contribution in [0.15, 0.2) is 54.6 Å². The molecule has 1 fully saturated rings. The van der Waals surface area contributed by atoms with Gasteiger partial charge in [-0.2, -0.15) is 0 Å². The molecule has 9 heteroatoms. The van der Waals surface area contributed by atoms with Gasteiger partial charge in [-0.15, -0.1) is 0 Å². The number of alkyl carbamates (subject to hydrolysis) is 1. The van der Waals surface area contributed by atoms with E-state index < -0.39 is 11.6 Å². The van der Waals surface area contributed by atoms with E-state index >= 15 is 0 Å². The van der Waals surface area contributed by atoms with E-state index in [4.69, 9.17) is 15.5 Å². The van der Waals surface area contributed by atoms with Gasteiger partial charge in [-0.05, 0) is 76.0 Å². The van der Waals surface area contributed by atoms with E-state index in [1.165, 1.54) is 0 Å². The van der Waals surface area contributed by atoms with Crippen molar-refractivity contribution in [3.8, 4) is 11.3 Å². The maximum atomic E-state index is 13.4. The van der Waals surface area contributed by atoms with Crippen LogP contribution in [0, 0.1) is 11.8 Å². The molecule has 1 saturated carbocycles. The van der Waals surface area contributed by atoms with Crippen LogP contribution in [0.5, 0.6) is 0 Å². The lowest BCUT2D eigenvalue weighted by atomic mass is 9.82. The lowest BCUT2D eigenvalue weighted by Gasteiger charge is -2.29. The second-order valence-electron chi connectivity index (χ2n) is 11.5. The van der Waals surface area contributed by atoms with E-state index in [1.807, 2.05) is 75.4 Å². The summed E-state index contributed by atoms with van der Waals surface area (Å²) in [4.78, 5) is 41.1. The van der Waals surface area contributed by atoms with Crippen molar-refractivity contribution in [3.05, 3.63) is 65.7 Å². The highest BCUT2D eigenvalue weighted by molar-refractivity contribution is 6.07. The number of carbonyl (C=O) groups is 3. The normalized spacial score (nSPS) is 17.2. The number of nitrogens with zero attached hydrogens (tertiary/aromatic N) is 1. The molecule has 0 atom stereocenters. The Balaban J connectivity index is 1.36. The average molecular weight is 546 g/mol. The zero-order valence-corrected chi connectivity index (χ0v) is 23.5. The van der Waals surface area contributed by atoms with Crippen LogP contribution in [0.25, 0.3) is 22.2 Å². The summed E-state index contributed by atoms with van der Waals surface area (Å²) in [7, 11) is 0. The summed E-state index contributed by atoms with van der Waals surface area (Å²) in [5.74, 6) is 0.704. The molecule has 5 N–H and O–H groups in total. The number of aromatic nitrogens is 1. The number of nitrogens with two attached hydrogens (primary N) is 1. The minimum absolute atomic E-state index is 0.115. The minimum atomic E-state index is -0.570. The Kier molecular flexibility index (Phi) is 9.24. The third-order valence-corrected chi connectivity index (χ3v) is 7.13. The predicted octanol–water partition coefficient (Wildman–Crippen LogP) is 5.13. The van der Waals surface area contributed by atoms with Gasteiger partial charge >= 0.3 is 12.1 Å². The van der Waals surface area contributed by atoms with Gasteiger partial charge in [0.15, 0.2) is 0 Å². The first-order valence-corrected chi connectivity index (χ1v) is 13.8. The fourth-order valence-corrected chi connectivity index (χ4v) is 5.01. The second-order valence-corrected chi connectivity index (χ2v) is 11.5. The van der Waals surface area contributed by atoms with Crippen molar-refractivity contribution in [3.63, 3.8) is 0 Å². The number of benzene rings is 2. The van der Waals surface area contributed by atoms with Gasteiger partial charge in [-0.3, -0.25) is 4.79 Å². The topological polar surface area (TPSA) is 135 Å². The van der Waals surface area contributed by atoms with Gasteiger partial charge in [0.05, 0.1) is 16.8 Å². The van der Waals surface area contributed by atoms with Crippen molar-refractivity contribution in [2.75, 3.05) is 13.1 Å². The van der Waals surface area contributed by atoms with Crippen LogP contribution in [-0.4, -0.2) is 41.7 Å². The van der Waals surface area contributed by atoms with E-state index in [2.05, 4.69) is 16.0 Å². The zero-order valence-electron chi connectivity index (χ0n) is 23.5. The maximum Gasteiger partial charge on any atom is 0.407 e. The summed E-state index contributed by atoms with van der Waals surface area (Å²) in [6.45, 7) is 7.13. The molecule has 1 aromatic heterocycles. The van der Waals surface area contributed by atoms with Crippen molar-refractivity contribution in [1.29, 1.82) is 0 Å². The molecular formula is C31H39N5O4. The van der Waals surface area contributed by atoms with Gasteiger partial charge in [0.1, 0.15) is 5.60 Å². The molecule has 4 rings (SSSR count). The fourth-order valence-electron chi connectivity index (χ4n) is 5.01. The Hall–Kier alpha value is -4.14. The first kappa shape index (κ1) is 28.9. The Morgan fingerprint density at radius 3 is 2.15 bits per heavy atom. The number of ether oxygens (including phenoxy) is 1. The minimum Gasteiger partial charge on any atom is -0.444 e. The molecular weight excluding hydrogens is 506 g/mol. The van der Waals surface area contributed by atoms with E-state index in [0.717, 1.165) is 47.7 Å². The van der Waals surface area contributed by atoms with Crippen molar-refractivity contribution in [2.24, 2.45) is 17.6 Å². The molecule has 2 aromatic carbocycles. The van der Waals surface area contributed by atoms with Gasteiger partial charge in [0.2, 0.25) is 0 Å². The summed E-state index contributed by atoms with van der Waals surface area (Å²) < 4.78 is 5.33. The van der Waals surface area contributed by atoms with Gasteiger partial charge in [0, 0.05) is 30.6 Å². The highest BCUT2D eigenvalue weighted by atomic mass is 16.6. The standard InChI is InChI=1S/C31H39N5O4/c1-31(2,3)40-30(39)35-19-21-10-8-20(9-11-21)17-33-28(37)25-16-27(36-26-7-5-4-6-24(25)26)23-14-12-22(13-15-23)18-34-29(32)38/h4-7,12-16,20-21H,8-11,17-19H2,1-3H3,(H,33,37)(H,35,39)(H3,32,34,38). The zero-order chi connectivity index (χ0) is 28.7. The molecule has 1 aliphatic carbocycles. The quantitative estimate of drug-likeness (QED) is 0.311. The molecule has 40 heavy (non-hydrogen) atoms. The summed E-state index contributed by atoms with van der Waals surface area (Å²) in [5.41, 5.74) is 8.50. The van der Waals surface area contributed by atoms with Gasteiger partial charge < -0.3 is 26.4 Å². The molecule has 1 heterocycles. The number of pyridine rings is 1. The summed E-state index contributed by atoms with van der Waals surface area (Å²) in [6.07, 6.45) is 3.63. The van der Waals surface area contributed by atoms with Crippen molar-refractivity contribution < 1.29 is 19.1 Å². The number of amides is 4. The molecule has 212 valence electrons. The van der Waals surface area contributed by atoms with Crippen molar-refractivity contribution >= 4 is 28.9 Å². The monoisotopic (exact) mass is 545 g/mol. The highest BCUT2D eigenvalue weighted by Gasteiger charge is 2.24. The van der Waals surface area contributed by atoms with Crippen LogP contribution in [-0.2, 0) is 11.3 Å². The van der Waals surface area contributed by atoms with Crippen molar-refractivity contribution in [2.45, 2.75) is 58.6 Å². The first-order valence-electron chi connectivity index (χ1n) is 13.8. The van der Waals surface area contributed by atoms with Gasteiger partial charge in [-0.25, -0.2) is 14.6 Å². The third-order valence-electron chi connectivity index (χ3n) is 7.13. The Morgan fingerprint density at radius 1 is 0.900 bits per heavy atom. The van der Waals surface area contributed by atoms with Crippen LogP contribution < -0.4 is 21.7 Å². The van der Waals surface area contributed by atoms with Crippen molar-refractivity contribution in [1.82, 2.24) is 20.9 Å². The van der Waals surface area contributed by atoms with Crippen LogP contribution in [0.4, 0.5) is 9.59 Å². The number of para-hydroxylation sites is 1. The first-order chi connectivity index (χ1) is 19.1. The van der Waals surface area contributed by atoms with Crippen LogP contribution in [0.2, 0.25) is 0 Å².